The molecule has 0 aliphatic carbocycles. The molecule has 2 heterocycles. The van der Waals surface area contributed by atoms with Crippen molar-refractivity contribution in [3.63, 3.8) is 0 Å². The van der Waals surface area contributed by atoms with Gasteiger partial charge < -0.3 is 54.7 Å². The molecule has 2 rings (SSSR count). The Hall–Kier alpha value is -0.440. The first kappa shape index (κ1) is 19.9. The summed E-state index contributed by atoms with van der Waals surface area (Å²) in [6.45, 7) is -1.23. The fourth-order valence-electron chi connectivity index (χ4n) is 2.74. The maximum Gasteiger partial charge on any atom is 0.187 e. The van der Waals surface area contributed by atoms with Crippen LogP contribution in [0.3, 0.4) is 0 Å². The first-order chi connectivity index (χ1) is 11.3. The van der Waals surface area contributed by atoms with Crippen LogP contribution in [0, 0.1) is 0 Å². The lowest BCUT2D eigenvalue weighted by atomic mass is 9.97. The van der Waals surface area contributed by atoms with E-state index in [2.05, 4.69) is 0 Å². The Morgan fingerprint density at radius 3 is 1.79 bits per heavy atom. The number of aliphatic hydroxyl groups excluding tert-OH is 7. The molecule has 2 unspecified atom stereocenters. The predicted octanol–water partition coefficient (Wildman–Crippen LogP) is -4.74. The van der Waals surface area contributed by atoms with Crippen molar-refractivity contribution in [2.45, 2.75) is 61.4 Å². The van der Waals surface area contributed by atoms with Gasteiger partial charge in [-0.25, -0.2) is 0 Å². The van der Waals surface area contributed by atoms with Crippen molar-refractivity contribution in [1.29, 1.82) is 0 Å². The number of rotatable bonds is 5. The van der Waals surface area contributed by atoms with E-state index in [0.29, 0.717) is 0 Å². The number of hydrogen-bond donors (Lipinski definition) is 7. The van der Waals surface area contributed by atoms with Crippen LogP contribution in [0.25, 0.3) is 0 Å². The fraction of sp³-hybridized carbons (Fsp3) is 1.00. The maximum atomic E-state index is 10.2. The Morgan fingerprint density at radius 1 is 0.708 bits per heavy atom. The van der Waals surface area contributed by atoms with Crippen molar-refractivity contribution in [2.75, 3.05) is 20.3 Å². The number of aliphatic hydroxyl groups is 7. The molecule has 0 amide bonds. The lowest BCUT2D eigenvalue weighted by Gasteiger charge is -2.45. The molecule has 0 aromatic carbocycles. The zero-order valence-electron chi connectivity index (χ0n) is 13.0. The zero-order chi connectivity index (χ0) is 18.0. The molecule has 2 aliphatic heterocycles. The van der Waals surface area contributed by atoms with Gasteiger partial charge in [-0.2, -0.15) is 0 Å². The van der Waals surface area contributed by atoms with E-state index in [9.17, 15) is 30.6 Å². The van der Waals surface area contributed by atoms with E-state index >= 15 is 0 Å². The molecule has 0 saturated carbocycles. The highest BCUT2D eigenvalue weighted by Crippen LogP contribution is 2.29. The Kier molecular flexibility index (Phi) is 6.87. The van der Waals surface area contributed by atoms with Crippen LogP contribution in [0.2, 0.25) is 0 Å². The van der Waals surface area contributed by atoms with E-state index in [-0.39, 0.29) is 0 Å². The molecule has 10 atom stereocenters. The van der Waals surface area contributed by atoms with Gasteiger partial charge in [0, 0.05) is 7.11 Å². The highest BCUT2D eigenvalue weighted by molar-refractivity contribution is 4.93. The number of methoxy groups -OCH3 is 1. The Balaban J connectivity index is 2.14. The molecule has 7 N–H and O–H groups in total. The second kappa shape index (κ2) is 8.29. The average Bonchev–Trinajstić information content (AvgIpc) is 2.58. The molecule has 11 heteroatoms. The average molecular weight is 356 g/mol. The third-order valence-corrected chi connectivity index (χ3v) is 4.19. The normalized spacial score (nSPS) is 50.0. The minimum absolute atomic E-state index is 0.581. The predicted molar refractivity (Wildman–Crippen MR) is 73.4 cm³/mol. The molecule has 0 radical (unpaired) electrons. The second-order valence-corrected chi connectivity index (χ2v) is 5.74. The van der Waals surface area contributed by atoms with Crippen LogP contribution in [0.4, 0.5) is 0 Å². The fourth-order valence-corrected chi connectivity index (χ4v) is 2.74. The minimum Gasteiger partial charge on any atom is -0.394 e. The van der Waals surface area contributed by atoms with Crippen molar-refractivity contribution in [3.05, 3.63) is 0 Å². The summed E-state index contributed by atoms with van der Waals surface area (Å²) in [5.41, 5.74) is 0. The first-order valence-electron chi connectivity index (χ1n) is 7.46. The number of ether oxygens (including phenoxy) is 4. The monoisotopic (exact) mass is 356 g/mol. The van der Waals surface area contributed by atoms with E-state index in [0.717, 1.165) is 0 Å². The summed E-state index contributed by atoms with van der Waals surface area (Å²) in [5, 5.41) is 68.1. The molecule has 0 spiro atoms. The van der Waals surface area contributed by atoms with Gasteiger partial charge in [0.05, 0.1) is 13.2 Å². The van der Waals surface area contributed by atoms with E-state index in [4.69, 9.17) is 24.1 Å². The standard InChI is InChI=1S/C13H24O11/c1-21-12-10(20)11(7(17)5(3-15)22-12)24-13-9(19)8(18)6(16)4(2-14)23-13/h4-20H,2-3H2,1H3/t4-,5-,6+,7-,8+,9-,10+,11+,12?,13?/m1/s1. The molecular weight excluding hydrogens is 332 g/mol. The molecule has 24 heavy (non-hydrogen) atoms. The first-order valence-corrected chi connectivity index (χ1v) is 7.46. The van der Waals surface area contributed by atoms with Crippen molar-refractivity contribution >= 4 is 0 Å². The quantitative estimate of drug-likeness (QED) is 0.251. The topological polar surface area (TPSA) is 179 Å². The van der Waals surface area contributed by atoms with Crippen molar-refractivity contribution in [3.8, 4) is 0 Å². The lowest BCUT2D eigenvalue weighted by molar-refractivity contribution is -0.358. The summed E-state index contributed by atoms with van der Waals surface area (Å²) in [6.07, 6.45) is -14.4. The molecular formula is C13H24O11. The van der Waals surface area contributed by atoms with Crippen LogP contribution in [0.5, 0.6) is 0 Å². The van der Waals surface area contributed by atoms with Gasteiger partial charge in [0.2, 0.25) is 0 Å². The van der Waals surface area contributed by atoms with Crippen molar-refractivity contribution in [1.82, 2.24) is 0 Å². The van der Waals surface area contributed by atoms with E-state index in [1.165, 1.54) is 7.11 Å². The van der Waals surface area contributed by atoms with E-state index in [1.54, 1.807) is 0 Å². The summed E-state index contributed by atoms with van der Waals surface area (Å²) in [6, 6.07) is 0. The Bertz CT molecular complexity index is 378. The number of hydrogen-bond acceptors (Lipinski definition) is 11. The lowest BCUT2D eigenvalue weighted by Crippen LogP contribution is -2.64. The summed E-state index contributed by atoms with van der Waals surface area (Å²) in [4.78, 5) is 0. The summed E-state index contributed by atoms with van der Waals surface area (Å²) < 4.78 is 20.6. The van der Waals surface area contributed by atoms with E-state index in [1.807, 2.05) is 0 Å². The molecule has 2 aliphatic rings. The van der Waals surface area contributed by atoms with Crippen molar-refractivity contribution < 1.29 is 54.7 Å². The van der Waals surface area contributed by atoms with Gasteiger partial charge in [0.1, 0.15) is 48.8 Å². The largest absolute Gasteiger partial charge is 0.394 e. The summed E-state index contributed by atoms with van der Waals surface area (Å²) in [5.74, 6) is 0. The summed E-state index contributed by atoms with van der Waals surface area (Å²) in [7, 11) is 1.24. The van der Waals surface area contributed by atoms with Gasteiger partial charge in [-0.3, -0.25) is 0 Å². The SMILES string of the molecule is COC1O[C@H](CO)[C@@H](O)[C@H](OC2O[C@H](CO)[C@H](O)[C@H](O)[C@H]2O)[C@@H]1O. The van der Waals surface area contributed by atoms with Gasteiger partial charge in [-0.15, -0.1) is 0 Å². The van der Waals surface area contributed by atoms with Crippen LogP contribution in [-0.4, -0.2) is 117 Å². The second-order valence-electron chi connectivity index (χ2n) is 5.74. The Morgan fingerprint density at radius 2 is 1.25 bits per heavy atom. The molecule has 0 aromatic heterocycles. The van der Waals surface area contributed by atoms with Gasteiger partial charge in [0.15, 0.2) is 12.6 Å². The van der Waals surface area contributed by atoms with Gasteiger partial charge in [-0.1, -0.05) is 0 Å². The third kappa shape index (κ3) is 3.71. The smallest absolute Gasteiger partial charge is 0.187 e. The van der Waals surface area contributed by atoms with Crippen LogP contribution in [0.1, 0.15) is 0 Å². The van der Waals surface area contributed by atoms with Crippen LogP contribution >= 0.6 is 0 Å². The van der Waals surface area contributed by atoms with Crippen molar-refractivity contribution in [2.24, 2.45) is 0 Å². The third-order valence-electron chi connectivity index (χ3n) is 4.19. The van der Waals surface area contributed by atoms with Gasteiger partial charge in [0.25, 0.3) is 0 Å². The Labute approximate surface area is 137 Å². The van der Waals surface area contributed by atoms with Gasteiger partial charge >= 0.3 is 0 Å². The molecule has 11 nitrogen and oxygen atoms in total. The highest BCUT2D eigenvalue weighted by Gasteiger charge is 2.50. The zero-order valence-corrected chi connectivity index (χ0v) is 13.0. The van der Waals surface area contributed by atoms with Gasteiger partial charge in [-0.05, 0) is 0 Å². The molecule has 0 aromatic rings. The van der Waals surface area contributed by atoms with E-state index < -0.39 is 74.6 Å². The molecule has 0 bridgehead atoms. The maximum absolute atomic E-state index is 10.2. The van der Waals surface area contributed by atoms with Crippen LogP contribution < -0.4 is 0 Å². The molecule has 2 saturated heterocycles. The summed E-state index contributed by atoms with van der Waals surface area (Å²) >= 11 is 0. The van der Waals surface area contributed by atoms with Crippen LogP contribution in [-0.2, 0) is 18.9 Å². The molecule has 142 valence electrons. The molecule has 2 fully saturated rings. The minimum atomic E-state index is -1.70. The van der Waals surface area contributed by atoms with Crippen LogP contribution in [0.15, 0.2) is 0 Å². The highest BCUT2D eigenvalue weighted by atomic mass is 16.7.